The van der Waals surface area contributed by atoms with Crippen LogP contribution in [-0.2, 0) is 0 Å². The summed E-state index contributed by atoms with van der Waals surface area (Å²) in [5.74, 6) is 0.809. The molecule has 0 aliphatic carbocycles. The van der Waals surface area contributed by atoms with Crippen molar-refractivity contribution in [1.29, 1.82) is 0 Å². The fourth-order valence-corrected chi connectivity index (χ4v) is 2.47. The van der Waals surface area contributed by atoms with Gasteiger partial charge in [-0.05, 0) is 43.5 Å². The van der Waals surface area contributed by atoms with Crippen LogP contribution in [0.4, 0.5) is 0 Å². The topological polar surface area (TPSA) is 49.7 Å². The molecule has 0 spiro atoms. The Morgan fingerprint density at radius 3 is 2.62 bits per heavy atom. The highest BCUT2D eigenvalue weighted by Gasteiger charge is 2.14. The zero-order valence-corrected chi connectivity index (χ0v) is 9.99. The van der Waals surface area contributed by atoms with Crippen molar-refractivity contribution in [2.24, 2.45) is 0 Å². The van der Waals surface area contributed by atoms with Gasteiger partial charge in [0.1, 0.15) is 5.75 Å². The van der Waals surface area contributed by atoms with Crippen LogP contribution in [0.3, 0.4) is 0 Å². The van der Waals surface area contributed by atoms with Crippen molar-refractivity contribution >= 4 is 33.3 Å². The maximum atomic E-state index is 9.07. The second-order valence-corrected chi connectivity index (χ2v) is 5.00. The molecule has 2 rings (SSSR count). The highest BCUT2D eigenvalue weighted by molar-refractivity contribution is 7.27. The minimum atomic E-state index is -1.40. The van der Waals surface area contributed by atoms with E-state index in [4.69, 9.17) is 14.8 Å². The maximum Gasteiger partial charge on any atom is 0.499 e. The summed E-state index contributed by atoms with van der Waals surface area (Å²) < 4.78 is 7.13. The third-order valence-electron chi connectivity index (χ3n) is 2.14. The average Bonchev–Trinajstić information content (AvgIpc) is 2.59. The lowest BCUT2D eigenvalue weighted by atomic mass is 9.89. The smallest absolute Gasteiger partial charge is 0.491 e. The number of ether oxygens (including phenoxy) is 1. The molecule has 0 radical (unpaired) electrons. The zero-order chi connectivity index (χ0) is 11.7. The minimum Gasteiger partial charge on any atom is -0.491 e. The molecule has 84 valence electrons. The van der Waals surface area contributed by atoms with Crippen molar-refractivity contribution in [2.45, 2.75) is 20.0 Å². The molecule has 16 heavy (non-hydrogen) atoms. The maximum absolute atomic E-state index is 9.07. The van der Waals surface area contributed by atoms with Gasteiger partial charge in [-0.25, -0.2) is 0 Å². The predicted octanol–water partition coefficient (Wildman–Crippen LogP) is 1.37. The van der Waals surface area contributed by atoms with E-state index in [1.54, 1.807) is 6.07 Å². The highest BCUT2D eigenvalue weighted by atomic mass is 32.1. The fraction of sp³-hybridized carbons (Fsp3) is 0.273. The van der Waals surface area contributed by atoms with E-state index in [1.165, 1.54) is 11.3 Å². The van der Waals surface area contributed by atoms with Gasteiger partial charge in [-0.15, -0.1) is 11.3 Å². The van der Waals surface area contributed by atoms with E-state index in [1.807, 2.05) is 32.0 Å². The molecule has 0 unspecified atom stereocenters. The Kier molecular flexibility index (Phi) is 3.19. The summed E-state index contributed by atoms with van der Waals surface area (Å²) in [5, 5.41) is 19.2. The van der Waals surface area contributed by atoms with Crippen LogP contribution in [0.25, 0.3) is 10.1 Å². The molecule has 0 amide bonds. The van der Waals surface area contributed by atoms with Crippen molar-refractivity contribution < 1.29 is 14.8 Å². The lowest BCUT2D eigenvalue weighted by Gasteiger charge is -2.08. The molecular weight excluding hydrogens is 223 g/mol. The minimum absolute atomic E-state index is 0.139. The largest absolute Gasteiger partial charge is 0.499 e. The van der Waals surface area contributed by atoms with Crippen molar-refractivity contribution in [1.82, 2.24) is 0 Å². The number of hydrogen-bond donors (Lipinski definition) is 2. The van der Waals surface area contributed by atoms with Crippen LogP contribution in [0.5, 0.6) is 5.75 Å². The molecule has 5 heteroatoms. The van der Waals surface area contributed by atoms with Gasteiger partial charge >= 0.3 is 7.12 Å². The van der Waals surface area contributed by atoms with Crippen LogP contribution >= 0.6 is 11.3 Å². The third-order valence-corrected chi connectivity index (χ3v) is 3.27. The summed E-state index contributed by atoms with van der Waals surface area (Å²) in [6.07, 6.45) is 0.139. The SMILES string of the molecule is CC(C)Oc1ccc2cc(B(O)O)sc2c1. The number of rotatable bonds is 3. The van der Waals surface area contributed by atoms with Crippen LogP contribution < -0.4 is 9.51 Å². The number of thiophene rings is 1. The van der Waals surface area contributed by atoms with E-state index in [0.717, 1.165) is 15.8 Å². The Balaban J connectivity index is 2.38. The molecule has 0 aliphatic heterocycles. The van der Waals surface area contributed by atoms with E-state index in [9.17, 15) is 0 Å². The molecule has 1 aromatic heterocycles. The normalized spacial score (nSPS) is 11.1. The van der Waals surface area contributed by atoms with Gasteiger partial charge in [-0.1, -0.05) is 0 Å². The van der Waals surface area contributed by atoms with Crippen LogP contribution in [0.2, 0.25) is 0 Å². The molecule has 0 fully saturated rings. The van der Waals surface area contributed by atoms with Crippen molar-refractivity contribution in [2.75, 3.05) is 0 Å². The Hall–Kier alpha value is -1.04. The first-order valence-electron chi connectivity index (χ1n) is 5.12. The Morgan fingerprint density at radius 2 is 2.00 bits per heavy atom. The second kappa shape index (κ2) is 4.45. The molecule has 2 aromatic rings. The molecule has 1 heterocycles. The molecule has 3 nitrogen and oxygen atoms in total. The van der Waals surface area contributed by atoms with Crippen LogP contribution in [0, 0.1) is 0 Å². The Labute approximate surface area is 98.4 Å². The zero-order valence-electron chi connectivity index (χ0n) is 9.18. The van der Waals surface area contributed by atoms with E-state index in [2.05, 4.69) is 0 Å². The molecular formula is C11H13BO3S. The summed E-state index contributed by atoms with van der Waals surface area (Å²) in [4.78, 5) is 0. The van der Waals surface area contributed by atoms with Gasteiger partial charge in [0, 0.05) is 9.48 Å². The third kappa shape index (κ3) is 2.37. The summed E-state index contributed by atoms with van der Waals surface area (Å²) in [6, 6.07) is 7.52. The molecule has 1 aromatic carbocycles. The van der Waals surface area contributed by atoms with Crippen LogP contribution in [0.1, 0.15) is 13.8 Å². The monoisotopic (exact) mass is 236 g/mol. The van der Waals surface area contributed by atoms with Gasteiger partial charge < -0.3 is 14.8 Å². The van der Waals surface area contributed by atoms with Crippen molar-refractivity contribution in [3.8, 4) is 5.75 Å². The predicted molar refractivity (Wildman–Crippen MR) is 67.4 cm³/mol. The molecule has 0 saturated carbocycles. The molecule has 0 bridgehead atoms. The summed E-state index contributed by atoms with van der Waals surface area (Å²) >= 11 is 1.37. The average molecular weight is 236 g/mol. The number of benzene rings is 1. The second-order valence-electron chi connectivity index (χ2n) is 3.89. The van der Waals surface area contributed by atoms with Crippen LogP contribution in [-0.4, -0.2) is 23.3 Å². The van der Waals surface area contributed by atoms with Gasteiger partial charge in [-0.2, -0.15) is 0 Å². The van der Waals surface area contributed by atoms with E-state index < -0.39 is 7.12 Å². The fourth-order valence-electron chi connectivity index (χ4n) is 1.50. The molecule has 0 saturated heterocycles. The Morgan fingerprint density at radius 1 is 1.25 bits per heavy atom. The summed E-state index contributed by atoms with van der Waals surface area (Å²) in [6.45, 7) is 3.95. The first-order valence-corrected chi connectivity index (χ1v) is 5.94. The van der Waals surface area contributed by atoms with E-state index in [-0.39, 0.29) is 6.10 Å². The van der Waals surface area contributed by atoms with Gasteiger partial charge in [-0.3, -0.25) is 0 Å². The lowest BCUT2D eigenvalue weighted by Crippen LogP contribution is -2.26. The van der Waals surface area contributed by atoms with Crippen LogP contribution in [0.15, 0.2) is 24.3 Å². The first kappa shape index (κ1) is 11.5. The number of hydrogen-bond acceptors (Lipinski definition) is 4. The quantitative estimate of drug-likeness (QED) is 0.791. The molecule has 0 atom stereocenters. The summed E-state index contributed by atoms with van der Waals surface area (Å²) in [5.41, 5.74) is 0. The standard InChI is InChI=1S/C11H13BO3S/c1-7(2)15-9-4-3-8-5-11(12(13)14)16-10(8)6-9/h3-7,13-14H,1-2H3. The van der Waals surface area contributed by atoms with Crippen molar-refractivity contribution in [3.63, 3.8) is 0 Å². The molecule has 0 aliphatic rings. The van der Waals surface area contributed by atoms with E-state index >= 15 is 0 Å². The van der Waals surface area contributed by atoms with Crippen molar-refractivity contribution in [3.05, 3.63) is 24.3 Å². The summed E-state index contributed by atoms with van der Waals surface area (Å²) in [7, 11) is -1.40. The lowest BCUT2D eigenvalue weighted by molar-refractivity contribution is 0.243. The number of fused-ring (bicyclic) bond motifs is 1. The van der Waals surface area contributed by atoms with E-state index in [0.29, 0.717) is 4.78 Å². The molecule has 2 N–H and O–H groups in total. The Bertz CT molecular complexity index is 493. The van der Waals surface area contributed by atoms with Gasteiger partial charge in [0.2, 0.25) is 0 Å². The van der Waals surface area contributed by atoms with Gasteiger partial charge in [0.25, 0.3) is 0 Å². The van der Waals surface area contributed by atoms with Gasteiger partial charge in [0.05, 0.1) is 6.10 Å². The highest BCUT2D eigenvalue weighted by Crippen LogP contribution is 2.25. The van der Waals surface area contributed by atoms with Gasteiger partial charge in [0.15, 0.2) is 0 Å². The first-order chi connectivity index (χ1) is 7.56.